The highest BCUT2D eigenvalue weighted by atomic mass is 32.2. The number of carbonyl (C=O) groups is 2. The second-order valence-corrected chi connectivity index (χ2v) is 10.7. The number of hydrogen-bond acceptors (Lipinski definition) is 8. The van der Waals surface area contributed by atoms with E-state index in [4.69, 9.17) is 33.9 Å². The minimum absolute atomic E-state index is 0.136. The van der Waals surface area contributed by atoms with Gasteiger partial charge in [0.1, 0.15) is 20.0 Å². The molecule has 10 heteroatoms. The van der Waals surface area contributed by atoms with Gasteiger partial charge in [-0.25, -0.2) is 0 Å². The first-order valence-corrected chi connectivity index (χ1v) is 11.6. The Balaban J connectivity index is 4.83. The molecule has 0 radical (unpaired) electrons. The lowest BCUT2D eigenvalue weighted by molar-refractivity contribution is -0.151. The number of esters is 2. The average Bonchev–Trinajstić information content (AvgIpc) is 2.63. The number of hydrogen-bond donors (Lipinski definition) is 0. The van der Waals surface area contributed by atoms with Gasteiger partial charge in [0.05, 0.1) is 12.5 Å². The molecule has 0 aromatic carbocycles. The number of thiocarbonyl (C=S) groups is 2. The van der Waals surface area contributed by atoms with Gasteiger partial charge in [-0.2, -0.15) is 0 Å². The molecule has 2 unspecified atom stereocenters. The largest absolute Gasteiger partial charge is 0.465 e. The molecule has 0 spiro atoms. The molecular formula is C18H32N2O4S4. The van der Waals surface area contributed by atoms with Crippen molar-refractivity contribution in [2.24, 2.45) is 5.92 Å². The molecule has 0 fully saturated rings. The maximum atomic E-state index is 12.8. The zero-order chi connectivity index (χ0) is 21.9. The van der Waals surface area contributed by atoms with Gasteiger partial charge in [-0.1, -0.05) is 61.8 Å². The fourth-order valence-corrected chi connectivity index (χ4v) is 3.98. The van der Waals surface area contributed by atoms with E-state index < -0.39 is 4.75 Å². The van der Waals surface area contributed by atoms with Crippen molar-refractivity contribution in [3.05, 3.63) is 0 Å². The van der Waals surface area contributed by atoms with Crippen LogP contribution in [0.3, 0.4) is 0 Å². The zero-order valence-electron chi connectivity index (χ0n) is 17.8. The number of carbonyl (C=O) groups excluding carboxylic acids is 2. The summed E-state index contributed by atoms with van der Waals surface area (Å²) in [6, 6.07) is 0. The predicted octanol–water partition coefficient (Wildman–Crippen LogP) is 3.43. The van der Waals surface area contributed by atoms with Crippen molar-refractivity contribution in [3.8, 4) is 0 Å². The highest BCUT2D eigenvalue weighted by Crippen LogP contribution is 2.32. The van der Waals surface area contributed by atoms with Crippen LogP contribution in [-0.4, -0.2) is 82.3 Å². The first-order valence-electron chi connectivity index (χ1n) is 9.02. The van der Waals surface area contributed by atoms with Gasteiger partial charge in [-0.15, -0.1) is 0 Å². The van der Waals surface area contributed by atoms with Crippen LogP contribution < -0.4 is 0 Å². The Hall–Kier alpha value is -0.580. The van der Waals surface area contributed by atoms with Gasteiger partial charge in [0.25, 0.3) is 0 Å². The summed E-state index contributed by atoms with van der Waals surface area (Å²) in [4.78, 5) is 28.2. The third-order valence-electron chi connectivity index (χ3n) is 3.85. The molecule has 28 heavy (non-hydrogen) atoms. The van der Waals surface area contributed by atoms with Crippen LogP contribution in [-0.2, 0) is 19.1 Å². The standard InChI is InChI=1S/C18H32N2O4S4/c1-8-13(2)14(21)23-10-9-18(3,28-17(26)20(6)7)15(22)24-11-12-27-16(25)19(4)5/h13H,8-12H2,1-7H3. The molecule has 0 aliphatic rings. The molecular weight excluding hydrogens is 436 g/mol. The number of nitrogens with zero attached hydrogens (tertiary/aromatic N) is 2. The van der Waals surface area contributed by atoms with Crippen LogP contribution in [0.25, 0.3) is 0 Å². The van der Waals surface area contributed by atoms with E-state index in [1.165, 1.54) is 23.5 Å². The quantitative estimate of drug-likeness (QED) is 0.271. The van der Waals surface area contributed by atoms with Crippen LogP contribution >= 0.6 is 48.0 Å². The Morgan fingerprint density at radius 2 is 1.61 bits per heavy atom. The lowest BCUT2D eigenvalue weighted by atomic mass is 10.1. The Kier molecular flexibility index (Phi) is 13.3. The SMILES string of the molecule is CCC(C)C(=O)OCCC(C)(SC(=S)N(C)C)C(=O)OCCSC(=S)N(C)C. The van der Waals surface area contributed by atoms with E-state index in [-0.39, 0.29) is 31.1 Å². The number of ether oxygens (including phenoxy) is 2. The molecule has 0 aliphatic heterocycles. The molecule has 0 rings (SSSR count). The fraction of sp³-hybridized carbons (Fsp3) is 0.778. The lowest BCUT2D eigenvalue weighted by Crippen LogP contribution is -2.38. The maximum Gasteiger partial charge on any atom is 0.322 e. The minimum atomic E-state index is -0.941. The summed E-state index contributed by atoms with van der Waals surface area (Å²) in [6.07, 6.45) is 1.03. The number of rotatable bonds is 10. The lowest BCUT2D eigenvalue weighted by Gasteiger charge is -2.28. The van der Waals surface area contributed by atoms with E-state index in [0.717, 1.165) is 4.32 Å². The Morgan fingerprint density at radius 1 is 1.04 bits per heavy atom. The molecule has 0 saturated heterocycles. The smallest absolute Gasteiger partial charge is 0.322 e. The summed E-state index contributed by atoms with van der Waals surface area (Å²) >= 11 is 13.3. The van der Waals surface area contributed by atoms with Crippen molar-refractivity contribution in [3.63, 3.8) is 0 Å². The molecule has 0 saturated carbocycles. The van der Waals surface area contributed by atoms with E-state index in [2.05, 4.69) is 0 Å². The summed E-state index contributed by atoms with van der Waals surface area (Å²) in [7, 11) is 7.39. The molecule has 0 aromatic rings. The van der Waals surface area contributed by atoms with E-state index >= 15 is 0 Å². The van der Waals surface area contributed by atoms with E-state index in [1.807, 2.05) is 46.9 Å². The van der Waals surface area contributed by atoms with E-state index in [0.29, 0.717) is 22.9 Å². The van der Waals surface area contributed by atoms with Gasteiger partial charge in [0.2, 0.25) is 0 Å². The molecule has 6 nitrogen and oxygen atoms in total. The topological polar surface area (TPSA) is 59.1 Å². The molecule has 0 heterocycles. The first kappa shape index (κ1) is 27.4. The molecule has 0 aliphatic carbocycles. The van der Waals surface area contributed by atoms with Gasteiger partial charge in [0, 0.05) is 40.4 Å². The summed E-state index contributed by atoms with van der Waals surface area (Å²) in [5, 5.41) is 0. The normalized spacial score (nSPS) is 13.8. The van der Waals surface area contributed by atoms with Crippen LogP contribution in [0, 0.1) is 5.92 Å². The third-order valence-corrected chi connectivity index (χ3v) is 7.53. The second kappa shape index (κ2) is 13.6. The van der Waals surface area contributed by atoms with Gasteiger partial charge in [0.15, 0.2) is 0 Å². The van der Waals surface area contributed by atoms with Crippen molar-refractivity contribution >= 4 is 68.5 Å². The van der Waals surface area contributed by atoms with Crippen molar-refractivity contribution in [1.82, 2.24) is 9.80 Å². The Bertz CT molecular complexity index is 558. The maximum absolute atomic E-state index is 12.8. The number of thioether (sulfide) groups is 2. The minimum Gasteiger partial charge on any atom is -0.465 e. The Morgan fingerprint density at radius 3 is 2.11 bits per heavy atom. The molecule has 162 valence electrons. The zero-order valence-corrected chi connectivity index (χ0v) is 21.0. The fourth-order valence-electron chi connectivity index (χ4n) is 1.68. The average molecular weight is 469 g/mol. The van der Waals surface area contributed by atoms with Crippen LogP contribution in [0.5, 0.6) is 0 Å². The first-order chi connectivity index (χ1) is 12.9. The van der Waals surface area contributed by atoms with Crippen LogP contribution in [0.2, 0.25) is 0 Å². The van der Waals surface area contributed by atoms with Gasteiger partial charge >= 0.3 is 11.9 Å². The molecule has 0 bridgehead atoms. The van der Waals surface area contributed by atoms with E-state index in [9.17, 15) is 9.59 Å². The van der Waals surface area contributed by atoms with Gasteiger partial charge in [-0.3, -0.25) is 9.59 Å². The van der Waals surface area contributed by atoms with Crippen LogP contribution in [0.1, 0.15) is 33.6 Å². The molecule has 0 amide bonds. The summed E-state index contributed by atoms with van der Waals surface area (Å²) < 4.78 is 11.1. The molecule has 2 atom stereocenters. The molecule has 0 N–H and O–H groups in total. The predicted molar refractivity (Wildman–Crippen MR) is 127 cm³/mol. The monoisotopic (exact) mass is 468 g/mol. The van der Waals surface area contributed by atoms with Gasteiger partial charge in [-0.05, 0) is 13.3 Å². The summed E-state index contributed by atoms with van der Waals surface area (Å²) in [6.45, 7) is 5.90. The van der Waals surface area contributed by atoms with Crippen LogP contribution in [0.15, 0.2) is 0 Å². The van der Waals surface area contributed by atoms with Crippen molar-refractivity contribution < 1.29 is 19.1 Å². The van der Waals surface area contributed by atoms with Crippen molar-refractivity contribution in [2.45, 2.75) is 38.4 Å². The highest BCUT2D eigenvalue weighted by molar-refractivity contribution is 8.24. The summed E-state index contributed by atoms with van der Waals surface area (Å²) in [5.74, 6) is -0.221. The van der Waals surface area contributed by atoms with Gasteiger partial charge < -0.3 is 19.3 Å². The second-order valence-electron chi connectivity index (χ2n) is 6.86. The van der Waals surface area contributed by atoms with Crippen molar-refractivity contribution in [2.75, 3.05) is 47.2 Å². The van der Waals surface area contributed by atoms with Crippen molar-refractivity contribution in [1.29, 1.82) is 0 Å². The summed E-state index contributed by atoms with van der Waals surface area (Å²) in [5.41, 5.74) is 0. The van der Waals surface area contributed by atoms with E-state index in [1.54, 1.807) is 11.8 Å². The highest BCUT2D eigenvalue weighted by Gasteiger charge is 2.38. The molecule has 0 aromatic heterocycles. The van der Waals surface area contributed by atoms with Crippen LogP contribution in [0.4, 0.5) is 0 Å². The third kappa shape index (κ3) is 10.3. The Labute approximate surface area is 188 Å².